The fraction of sp³-hybridized carbons (Fsp3) is 0.280. The van der Waals surface area contributed by atoms with E-state index in [1.807, 2.05) is 49.4 Å². The van der Waals surface area contributed by atoms with Crippen LogP contribution in [0.3, 0.4) is 0 Å². The topological polar surface area (TPSA) is 74.8 Å². The molecule has 0 saturated carbocycles. The maximum absolute atomic E-state index is 11.6. The number of hydrogen-bond acceptors (Lipinski definition) is 3. The minimum absolute atomic E-state index is 0. The molecule has 32 heavy (non-hydrogen) atoms. The van der Waals surface area contributed by atoms with Gasteiger partial charge >= 0.3 is 0 Å². The second-order valence-electron chi connectivity index (χ2n) is 7.11. The molecule has 6 nitrogen and oxygen atoms in total. The van der Waals surface area contributed by atoms with Gasteiger partial charge in [-0.25, -0.2) is 4.99 Å². The summed E-state index contributed by atoms with van der Waals surface area (Å²) >= 11 is 0. The van der Waals surface area contributed by atoms with Crippen LogP contribution in [-0.2, 0) is 6.54 Å². The van der Waals surface area contributed by atoms with Crippen molar-refractivity contribution in [2.24, 2.45) is 4.99 Å². The quantitative estimate of drug-likeness (QED) is 0.162. The van der Waals surface area contributed by atoms with E-state index in [-0.39, 0.29) is 29.9 Å². The molecule has 0 bridgehead atoms. The highest BCUT2D eigenvalue weighted by Gasteiger charge is 2.03. The Morgan fingerprint density at radius 3 is 2.44 bits per heavy atom. The van der Waals surface area contributed by atoms with Crippen molar-refractivity contribution in [1.82, 2.24) is 16.0 Å². The van der Waals surface area contributed by atoms with E-state index in [2.05, 4.69) is 45.2 Å². The summed E-state index contributed by atoms with van der Waals surface area (Å²) in [5.41, 5.74) is 1.69. The van der Waals surface area contributed by atoms with Gasteiger partial charge in [0.2, 0.25) is 0 Å². The number of guanidine groups is 1. The van der Waals surface area contributed by atoms with Crippen molar-refractivity contribution in [3.8, 4) is 5.75 Å². The number of ether oxygens (including phenoxy) is 1. The van der Waals surface area contributed by atoms with Crippen molar-refractivity contribution in [3.05, 3.63) is 77.9 Å². The second-order valence-corrected chi connectivity index (χ2v) is 7.11. The molecule has 170 valence electrons. The fourth-order valence-corrected chi connectivity index (χ4v) is 3.14. The molecule has 3 N–H and O–H groups in total. The van der Waals surface area contributed by atoms with Crippen LogP contribution in [-0.4, -0.2) is 38.6 Å². The Bertz CT molecular complexity index is 1020. The van der Waals surface area contributed by atoms with Gasteiger partial charge in [0.25, 0.3) is 5.91 Å². The number of aliphatic imine (C=N–C) groups is 1. The number of amides is 1. The molecule has 0 saturated heterocycles. The lowest BCUT2D eigenvalue weighted by Gasteiger charge is -2.12. The summed E-state index contributed by atoms with van der Waals surface area (Å²) < 4.78 is 5.89. The molecule has 3 rings (SSSR count). The van der Waals surface area contributed by atoms with Crippen LogP contribution in [0.5, 0.6) is 5.75 Å². The first-order chi connectivity index (χ1) is 15.2. The van der Waals surface area contributed by atoms with Crippen molar-refractivity contribution >= 4 is 46.6 Å². The summed E-state index contributed by atoms with van der Waals surface area (Å²) in [6.07, 6.45) is 0.859. The number of hydrogen-bond donors (Lipinski definition) is 3. The Labute approximate surface area is 206 Å². The first kappa shape index (κ1) is 25.5. The van der Waals surface area contributed by atoms with Gasteiger partial charge in [0.15, 0.2) is 5.96 Å². The largest absolute Gasteiger partial charge is 0.494 e. The van der Waals surface area contributed by atoms with Crippen molar-refractivity contribution in [2.45, 2.75) is 19.9 Å². The lowest BCUT2D eigenvalue weighted by molar-refractivity contribution is 0.0963. The van der Waals surface area contributed by atoms with Crippen molar-refractivity contribution in [3.63, 3.8) is 0 Å². The monoisotopic (exact) mass is 546 g/mol. The molecule has 0 aromatic heterocycles. The molecule has 0 radical (unpaired) electrons. The summed E-state index contributed by atoms with van der Waals surface area (Å²) in [5, 5.41) is 11.6. The summed E-state index contributed by atoms with van der Waals surface area (Å²) in [4.78, 5) is 16.2. The van der Waals surface area contributed by atoms with Crippen LogP contribution in [0.4, 0.5) is 0 Å². The smallest absolute Gasteiger partial charge is 0.251 e. The predicted molar refractivity (Wildman–Crippen MR) is 142 cm³/mol. The van der Waals surface area contributed by atoms with E-state index < -0.39 is 0 Å². The summed E-state index contributed by atoms with van der Waals surface area (Å²) in [7, 11) is 1.63. The number of rotatable bonds is 9. The van der Waals surface area contributed by atoms with Gasteiger partial charge in [-0.15, -0.1) is 24.0 Å². The molecule has 0 fully saturated rings. The van der Waals surface area contributed by atoms with Crippen LogP contribution < -0.4 is 20.7 Å². The maximum atomic E-state index is 11.6. The van der Waals surface area contributed by atoms with E-state index in [0.29, 0.717) is 18.7 Å². The normalized spacial score (nSPS) is 10.9. The third-order valence-corrected chi connectivity index (χ3v) is 4.81. The zero-order valence-corrected chi connectivity index (χ0v) is 20.9. The van der Waals surface area contributed by atoms with Gasteiger partial charge in [-0.05, 0) is 53.9 Å². The van der Waals surface area contributed by atoms with Crippen LogP contribution in [0.15, 0.2) is 71.7 Å². The molecule has 0 heterocycles. The minimum Gasteiger partial charge on any atom is -0.494 e. The fourth-order valence-electron chi connectivity index (χ4n) is 3.14. The highest BCUT2D eigenvalue weighted by Crippen LogP contribution is 2.20. The average Bonchev–Trinajstić information content (AvgIpc) is 2.82. The highest BCUT2D eigenvalue weighted by molar-refractivity contribution is 14.0. The lowest BCUT2D eigenvalue weighted by Crippen LogP contribution is -2.38. The molecule has 3 aromatic rings. The molecule has 0 aliphatic heterocycles. The van der Waals surface area contributed by atoms with Crippen LogP contribution in [0.25, 0.3) is 10.8 Å². The first-order valence-corrected chi connectivity index (χ1v) is 10.6. The van der Waals surface area contributed by atoms with Gasteiger partial charge in [-0.2, -0.15) is 0 Å². The zero-order valence-electron chi connectivity index (χ0n) is 18.6. The molecular weight excluding hydrogens is 515 g/mol. The third-order valence-electron chi connectivity index (χ3n) is 4.81. The van der Waals surface area contributed by atoms with Crippen molar-refractivity contribution in [2.75, 3.05) is 26.7 Å². The van der Waals surface area contributed by atoms with E-state index in [1.54, 1.807) is 7.05 Å². The Balaban J connectivity index is 0.00000363. The van der Waals surface area contributed by atoms with Crippen LogP contribution in [0, 0.1) is 0 Å². The van der Waals surface area contributed by atoms with Gasteiger partial charge in [-0.3, -0.25) is 4.79 Å². The van der Waals surface area contributed by atoms with Crippen LogP contribution in [0.2, 0.25) is 0 Å². The summed E-state index contributed by atoms with van der Waals surface area (Å²) in [6, 6.07) is 21.9. The van der Waals surface area contributed by atoms with E-state index in [9.17, 15) is 4.79 Å². The number of carbonyl (C=O) groups excluding carboxylic acids is 1. The molecular formula is C25H31IN4O2. The highest BCUT2D eigenvalue weighted by atomic mass is 127. The predicted octanol–water partition coefficient (Wildman–Crippen LogP) is 4.34. The third kappa shape index (κ3) is 7.71. The van der Waals surface area contributed by atoms with Crippen LogP contribution >= 0.6 is 24.0 Å². The summed E-state index contributed by atoms with van der Waals surface area (Å²) in [5.74, 6) is 1.57. The second kappa shape index (κ2) is 13.6. The zero-order chi connectivity index (χ0) is 21.9. The van der Waals surface area contributed by atoms with Crippen molar-refractivity contribution < 1.29 is 9.53 Å². The van der Waals surface area contributed by atoms with E-state index in [1.165, 1.54) is 10.8 Å². The lowest BCUT2D eigenvalue weighted by atomic mass is 10.1. The number of nitrogens with zero attached hydrogens (tertiary/aromatic N) is 1. The Morgan fingerprint density at radius 2 is 1.72 bits per heavy atom. The Morgan fingerprint density at radius 1 is 0.969 bits per heavy atom. The molecule has 0 aliphatic rings. The van der Waals surface area contributed by atoms with Gasteiger partial charge < -0.3 is 20.7 Å². The molecule has 1 amide bonds. The standard InChI is InChI=1S/C25H30N4O2.HI/c1-3-27-25(29-18-19-9-11-21(12-10-19)24(30)26-2)28-15-6-16-31-23-14-13-20-7-4-5-8-22(20)17-23;/h4-5,7-14,17H,3,6,15-16,18H2,1-2H3,(H,26,30)(H2,27,28,29);1H. The van der Waals surface area contributed by atoms with E-state index in [4.69, 9.17) is 4.74 Å². The van der Waals surface area contributed by atoms with Gasteiger partial charge in [-0.1, -0.05) is 42.5 Å². The van der Waals surface area contributed by atoms with Gasteiger partial charge in [0.1, 0.15) is 5.75 Å². The molecule has 0 atom stereocenters. The minimum atomic E-state index is -0.0871. The van der Waals surface area contributed by atoms with Gasteiger partial charge in [0, 0.05) is 25.7 Å². The number of benzene rings is 3. The molecule has 7 heteroatoms. The number of nitrogens with one attached hydrogen (secondary N) is 3. The van der Waals surface area contributed by atoms with E-state index >= 15 is 0 Å². The van der Waals surface area contributed by atoms with Gasteiger partial charge in [0.05, 0.1) is 13.2 Å². The molecule has 3 aromatic carbocycles. The Hall–Kier alpha value is -2.81. The summed E-state index contributed by atoms with van der Waals surface area (Å²) in [6.45, 7) is 4.75. The van der Waals surface area contributed by atoms with Crippen molar-refractivity contribution in [1.29, 1.82) is 0 Å². The molecule has 0 aliphatic carbocycles. The number of fused-ring (bicyclic) bond motifs is 1. The molecule has 0 spiro atoms. The van der Waals surface area contributed by atoms with E-state index in [0.717, 1.165) is 36.8 Å². The first-order valence-electron chi connectivity index (χ1n) is 10.6. The number of halogens is 1. The average molecular weight is 546 g/mol. The molecule has 0 unspecified atom stereocenters. The maximum Gasteiger partial charge on any atom is 0.251 e. The number of carbonyl (C=O) groups is 1. The van der Waals surface area contributed by atoms with Crippen LogP contribution in [0.1, 0.15) is 29.3 Å². The Kier molecular flexibility index (Phi) is 10.8. The SMILES string of the molecule is CCNC(=NCc1ccc(C(=O)NC)cc1)NCCCOc1ccc2ccccc2c1.I.